The average molecular weight is 388 g/mol. The van der Waals surface area contributed by atoms with Crippen LogP contribution in [0.2, 0.25) is 0 Å². The van der Waals surface area contributed by atoms with Gasteiger partial charge in [-0.25, -0.2) is 4.68 Å². The van der Waals surface area contributed by atoms with Gasteiger partial charge in [0, 0.05) is 23.1 Å². The van der Waals surface area contributed by atoms with E-state index < -0.39 is 0 Å². The minimum absolute atomic E-state index is 0.185. The van der Waals surface area contributed by atoms with Crippen LogP contribution in [0.5, 0.6) is 11.5 Å². The van der Waals surface area contributed by atoms with E-state index in [0.29, 0.717) is 11.5 Å². The number of benzene rings is 1. The number of hydrogen-bond donors (Lipinski definition) is 1. The van der Waals surface area contributed by atoms with Crippen LogP contribution in [-0.2, 0) is 21.8 Å². The lowest BCUT2D eigenvalue weighted by molar-refractivity contribution is -0.111. The van der Waals surface area contributed by atoms with E-state index in [9.17, 15) is 4.79 Å². The molecule has 1 amide bonds. The van der Waals surface area contributed by atoms with Gasteiger partial charge in [0.25, 0.3) is 0 Å². The fraction of sp³-hybridized carbons (Fsp3) is 0.400. The Morgan fingerprint density at radius 3 is 2.63 bits per heavy atom. The summed E-state index contributed by atoms with van der Waals surface area (Å²) in [6, 6.07) is 5.52. The molecule has 0 unspecified atom stereocenters. The molecular formula is C20H25N3O3S. The number of aromatic nitrogens is 2. The zero-order valence-electron chi connectivity index (χ0n) is 16.3. The Hall–Kier alpha value is -2.41. The Morgan fingerprint density at radius 2 is 1.96 bits per heavy atom. The zero-order chi connectivity index (χ0) is 19.6. The third kappa shape index (κ3) is 4.13. The second-order valence-corrected chi connectivity index (χ2v) is 8.27. The fourth-order valence-corrected chi connectivity index (χ4v) is 3.95. The molecule has 0 aliphatic carbocycles. The third-order valence-electron chi connectivity index (χ3n) is 4.26. The molecule has 1 aliphatic heterocycles. The number of fused-ring (bicyclic) bond motifs is 1. The van der Waals surface area contributed by atoms with Gasteiger partial charge >= 0.3 is 0 Å². The summed E-state index contributed by atoms with van der Waals surface area (Å²) >= 11 is 1.82. The average Bonchev–Trinajstić information content (AvgIpc) is 3.22. The van der Waals surface area contributed by atoms with E-state index in [-0.39, 0.29) is 11.4 Å². The van der Waals surface area contributed by atoms with Crippen LogP contribution in [0.3, 0.4) is 0 Å². The normalized spacial score (nSPS) is 13.7. The van der Waals surface area contributed by atoms with Gasteiger partial charge in [0.2, 0.25) is 5.91 Å². The number of methoxy groups -OCH3 is 2. The maximum absolute atomic E-state index is 12.5. The van der Waals surface area contributed by atoms with Gasteiger partial charge < -0.3 is 14.8 Å². The summed E-state index contributed by atoms with van der Waals surface area (Å²) in [5.41, 5.74) is 2.84. The van der Waals surface area contributed by atoms with Crippen LogP contribution in [0.15, 0.2) is 24.3 Å². The highest BCUT2D eigenvalue weighted by Crippen LogP contribution is 2.37. The van der Waals surface area contributed by atoms with Crippen molar-refractivity contribution < 1.29 is 14.3 Å². The number of carbonyl (C=O) groups excluding carboxylic acids is 1. The quantitative estimate of drug-likeness (QED) is 0.784. The number of thioether (sulfide) groups is 1. The standard InChI is InChI=1S/C20H25N3O3S/c1-20(2,3)23-19(14-11-27-12-15(14)22-23)21-18(24)9-7-13-6-8-16(25-4)17(10-13)26-5/h6-10H,11-12H2,1-5H3,(H,21,24)/b9-7+. The summed E-state index contributed by atoms with van der Waals surface area (Å²) in [5.74, 6) is 3.66. The molecule has 0 atom stereocenters. The van der Waals surface area contributed by atoms with Crippen LogP contribution in [0.4, 0.5) is 5.82 Å². The molecule has 1 aromatic carbocycles. The van der Waals surface area contributed by atoms with Crippen molar-refractivity contribution in [3.63, 3.8) is 0 Å². The number of rotatable bonds is 5. The molecule has 1 aromatic heterocycles. The van der Waals surface area contributed by atoms with Gasteiger partial charge in [-0.3, -0.25) is 4.79 Å². The van der Waals surface area contributed by atoms with Gasteiger partial charge in [-0.15, -0.1) is 0 Å². The Bertz CT molecular complexity index is 881. The molecule has 2 aromatic rings. The monoisotopic (exact) mass is 387 g/mol. The first-order valence-corrected chi connectivity index (χ1v) is 9.89. The number of ether oxygens (including phenoxy) is 2. The number of anilines is 1. The topological polar surface area (TPSA) is 65.4 Å². The molecule has 0 saturated carbocycles. The van der Waals surface area contributed by atoms with Gasteiger partial charge in [-0.05, 0) is 44.5 Å². The lowest BCUT2D eigenvalue weighted by Crippen LogP contribution is -2.26. The number of nitrogens with zero attached hydrogens (tertiary/aromatic N) is 2. The molecule has 6 nitrogen and oxygen atoms in total. The molecule has 27 heavy (non-hydrogen) atoms. The molecule has 1 aliphatic rings. The van der Waals surface area contributed by atoms with Crippen molar-refractivity contribution in [2.45, 2.75) is 37.8 Å². The molecular weight excluding hydrogens is 362 g/mol. The first-order valence-electron chi connectivity index (χ1n) is 8.73. The summed E-state index contributed by atoms with van der Waals surface area (Å²) in [5, 5.41) is 7.73. The van der Waals surface area contributed by atoms with E-state index in [1.54, 1.807) is 20.3 Å². The third-order valence-corrected chi connectivity index (χ3v) is 5.23. The number of carbonyl (C=O) groups is 1. The van der Waals surface area contributed by atoms with Crippen molar-refractivity contribution in [1.29, 1.82) is 0 Å². The van der Waals surface area contributed by atoms with Crippen molar-refractivity contribution in [1.82, 2.24) is 9.78 Å². The first kappa shape index (κ1) is 19.4. The highest BCUT2D eigenvalue weighted by molar-refractivity contribution is 7.98. The highest BCUT2D eigenvalue weighted by Gasteiger charge is 2.28. The van der Waals surface area contributed by atoms with Gasteiger partial charge in [0.05, 0.1) is 25.5 Å². The van der Waals surface area contributed by atoms with Crippen LogP contribution in [-0.4, -0.2) is 29.9 Å². The van der Waals surface area contributed by atoms with Crippen LogP contribution >= 0.6 is 11.8 Å². The van der Waals surface area contributed by atoms with E-state index in [4.69, 9.17) is 14.6 Å². The maximum atomic E-state index is 12.5. The minimum atomic E-state index is -0.204. The van der Waals surface area contributed by atoms with E-state index in [2.05, 4.69) is 26.1 Å². The van der Waals surface area contributed by atoms with Gasteiger partial charge in [-0.1, -0.05) is 6.07 Å². The zero-order valence-corrected chi connectivity index (χ0v) is 17.1. The van der Waals surface area contributed by atoms with Crippen LogP contribution < -0.4 is 14.8 Å². The molecule has 2 heterocycles. The lowest BCUT2D eigenvalue weighted by atomic mass is 10.1. The summed E-state index contributed by atoms with van der Waals surface area (Å²) in [6.45, 7) is 6.24. The molecule has 0 bridgehead atoms. The number of nitrogens with one attached hydrogen (secondary N) is 1. The SMILES string of the molecule is COc1ccc(/C=C/C(=O)Nc2c3c(nn2C(C)(C)C)CSC3)cc1OC. The van der Waals surface area contributed by atoms with Crippen LogP contribution in [0, 0.1) is 0 Å². The van der Waals surface area contributed by atoms with E-state index >= 15 is 0 Å². The summed E-state index contributed by atoms with van der Waals surface area (Å²) in [6.07, 6.45) is 3.28. The summed E-state index contributed by atoms with van der Waals surface area (Å²) < 4.78 is 12.4. The van der Waals surface area contributed by atoms with Crippen molar-refractivity contribution >= 4 is 29.6 Å². The molecule has 0 radical (unpaired) electrons. The molecule has 3 rings (SSSR count). The van der Waals surface area contributed by atoms with Crippen molar-refractivity contribution in [3.05, 3.63) is 41.1 Å². The van der Waals surface area contributed by atoms with Crippen molar-refractivity contribution in [2.75, 3.05) is 19.5 Å². The number of hydrogen-bond acceptors (Lipinski definition) is 5. The largest absolute Gasteiger partial charge is 0.493 e. The van der Waals surface area contributed by atoms with Crippen LogP contribution in [0.25, 0.3) is 6.08 Å². The summed E-state index contributed by atoms with van der Waals surface area (Å²) in [7, 11) is 3.18. The Balaban J connectivity index is 1.80. The molecule has 0 saturated heterocycles. The molecule has 0 spiro atoms. The Labute approximate surface area is 163 Å². The second kappa shape index (κ2) is 7.68. The molecule has 1 N–H and O–H groups in total. The minimum Gasteiger partial charge on any atom is -0.493 e. The van der Waals surface area contributed by atoms with Crippen molar-refractivity contribution in [2.24, 2.45) is 0 Å². The smallest absolute Gasteiger partial charge is 0.249 e. The molecule has 144 valence electrons. The Morgan fingerprint density at radius 1 is 1.22 bits per heavy atom. The van der Waals surface area contributed by atoms with Gasteiger partial charge in [0.1, 0.15) is 5.82 Å². The maximum Gasteiger partial charge on any atom is 0.249 e. The van der Waals surface area contributed by atoms with Crippen LogP contribution in [0.1, 0.15) is 37.6 Å². The number of amides is 1. The lowest BCUT2D eigenvalue weighted by Gasteiger charge is -2.23. The van der Waals surface area contributed by atoms with Gasteiger partial charge in [-0.2, -0.15) is 16.9 Å². The second-order valence-electron chi connectivity index (χ2n) is 7.29. The first-order chi connectivity index (χ1) is 12.8. The van der Waals surface area contributed by atoms with E-state index in [1.807, 2.05) is 34.6 Å². The summed E-state index contributed by atoms with van der Waals surface area (Å²) in [4.78, 5) is 12.5. The fourth-order valence-electron chi connectivity index (χ4n) is 2.91. The van der Waals surface area contributed by atoms with E-state index in [0.717, 1.165) is 34.1 Å². The molecule has 7 heteroatoms. The Kier molecular flexibility index (Phi) is 5.51. The molecule has 0 fully saturated rings. The predicted molar refractivity (Wildman–Crippen MR) is 109 cm³/mol. The van der Waals surface area contributed by atoms with Gasteiger partial charge in [0.15, 0.2) is 11.5 Å². The highest BCUT2D eigenvalue weighted by atomic mass is 32.2. The van der Waals surface area contributed by atoms with Crippen molar-refractivity contribution in [3.8, 4) is 11.5 Å². The predicted octanol–water partition coefficient (Wildman–Crippen LogP) is 4.05. The van der Waals surface area contributed by atoms with E-state index in [1.165, 1.54) is 6.08 Å².